The molecule has 2 nitrogen and oxygen atoms in total. The zero-order valence-corrected chi connectivity index (χ0v) is 14.2. The number of benzene rings is 1. The Morgan fingerprint density at radius 3 is 2.80 bits per heavy atom. The SMILES string of the molecule is CCCC(C)(CNCCOC)Cc1cc(F)ccc1Br. The topological polar surface area (TPSA) is 21.3 Å². The van der Waals surface area contributed by atoms with Gasteiger partial charge in [-0.25, -0.2) is 4.39 Å². The summed E-state index contributed by atoms with van der Waals surface area (Å²) in [7, 11) is 1.71. The van der Waals surface area contributed by atoms with Crippen LogP contribution in [-0.4, -0.2) is 26.8 Å². The van der Waals surface area contributed by atoms with Gasteiger partial charge in [-0.2, -0.15) is 0 Å². The van der Waals surface area contributed by atoms with E-state index in [1.165, 1.54) is 6.07 Å². The fraction of sp³-hybridized carbons (Fsp3) is 0.625. The van der Waals surface area contributed by atoms with Crippen LogP contribution in [0.25, 0.3) is 0 Å². The Bertz CT molecular complexity index is 413. The lowest BCUT2D eigenvalue weighted by atomic mass is 9.79. The summed E-state index contributed by atoms with van der Waals surface area (Å²) in [5, 5.41) is 3.43. The highest BCUT2D eigenvalue weighted by Crippen LogP contribution is 2.31. The second kappa shape index (κ2) is 8.75. The summed E-state index contributed by atoms with van der Waals surface area (Å²) in [6.45, 7) is 6.92. The van der Waals surface area contributed by atoms with Crippen molar-refractivity contribution in [1.82, 2.24) is 5.32 Å². The van der Waals surface area contributed by atoms with Crippen LogP contribution >= 0.6 is 15.9 Å². The first kappa shape index (κ1) is 17.6. The molecule has 1 aromatic rings. The van der Waals surface area contributed by atoms with Gasteiger partial charge < -0.3 is 10.1 Å². The lowest BCUT2D eigenvalue weighted by Gasteiger charge is -2.30. The molecule has 0 aliphatic rings. The van der Waals surface area contributed by atoms with E-state index in [-0.39, 0.29) is 11.2 Å². The molecule has 0 aliphatic carbocycles. The molecule has 0 amide bonds. The molecular weight excluding hydrogens is 321 g/mol. The number of nitrogens with one attached hydrogen (secondary N) is 1. The van der Waals surface area contributed by atoms with Crippen LogP contribution in [0.1, 0.15) is 32.3 Å². The number of halogens is 2. The predicted octanol–water partition coefficient (Wildman–Crippen LogP) is 4.17. The van der Waals surface area contributed by atoms with Gasteiger partial charge >= 0.3 is 0 Å². The zero-order chi connectivity index (χ0) is 15.0. The van der Waals surface area contributed by atoms with Gasteiger partial charge in [0, 0.05) is 24.7 Å². The first-order valence-corrected chi connectivity index (χ1v) is 7.93. The van der Waals surface area contributed by atoms with Crippen molar-refractivity contribution in [3.8, 4) is 0 Å². The Morgan fingerprint density at radius 2 is 2.15 bits per heavy atom. The number of hydrogen-bond donors (Lipinski definition) is 1. The van der Waals surface area contributed by atoms with Crippen molar-refractivity contribution in [2.45, 2.75) is 33.1 Å². The van der Waals surface area contributed by atoms with Gasteiger partial charge in [-0.05, 0) is 42.0 Å². The average molecular weight is 346 g/mol. The lowest BCUT2D eigenvalue weighted by molar-refractivity contribution is 0.190. The molecular formula is C16H25BrFNO. The Hall–Kier alpha value is -0.450. The van der Waals surface area contributed by atoms with E-state index < -0.39 is 0 Å². The Morgan fingerprint density at radius 1 is 1.40 bits per heavy atom. The molecule has 1 aromatic carbocycles. The molecule has 4 heteroatoms. The molecule has 0 aliphatic heterocycles. The molecule has 0 radical (unpaired) electrons. The summed E-state index contributed by atoms with van der Waals surface area (Å²) in [6.07, 6.45) is 3.09. The quantitative estimate of drug-likeness (QED) is 0.678. The summed E-state index contributed by atoms with van der Waals surface area (Å²) in [5.74, 6) is -0.172. The van der Waals surface area contributed by atoms with Crippen molar-refractivity contribution in [2.24, 2.45) is 5.41 Å². The normalized spacial score (nSPS) is 14.2. The monoisotopic (exact) mass is 345 g/mol. The van der Waals surface area contributed by atoms with Gasteiger partial charge in [0.05, 0.1) is 6.61 Å². The fourth-order valence-electron chi connectivity index (χ4n) is 2.55. The molecule has 1 unspecified atom stereocenters. The molecule has 114 valence electrons. The van der Waals surface area contributed by atoms with Crippen LogP contribution in [0.4, 0.5) is 4.39 Å². The molecule has 1 N–H and O–H groups in total. The van der Waals surface area contributed by atoms with Crippen molar-refractivity contribution >= 4 is 15.9 Å². The molecule has 0 aromatic heterocycles. The summed E-state index contributed by atoms with van der Waals surface area (Å²) in [6, 6.07) is 4.91. The standard InChI is InChI=1S/C16H25BrFNO/c1-4-7-16(2,12-19-8-9-20-3)11-13-10-14(18)5-6-15(13)17/h5-6,10,19H,4,7-9,11-12H2,1-3H3. The van der Waals surface area contributed by atoms with Crippen LogP contribution in [-0.2, 0) is 11.2 Å². The van der Waals surface area contributed by atoms with Crippen molar-refractivity contribution in [3.63, 3.8) is 0 Å². The van der Waals surface area contributed by atoms with E-state index in [1.807, 2.05) is 0 Å². The van der Waals surface area contributed by atoms with Gasteiger partial charge in [0.2, 0.25) is 0 Å². The Balaban J connectivity index is 2.71. The van der Waals surface area contributed by atoms with Gasteiger partial charge in [0.1, 0.15) is 5.82 Å². The maximum Gasteiger partial charge on any atom is 0.123 e. The molecule has 20 heavy (non-hydrogen) atoms. The Kier molecular flexibility index (Phi) is 7.70. The van der Waals surface area contributed by atoms with Crippen molar-refractivity contribution in [3.05, 3.63) is 34.1 Å². The second-order valence-electron chi connectivity index (χ2n) is 5.64. The highest BCUT2D eigenvalue weighted by molar-refractivity contribution is 9.10. The third-order valence-electron chi connectivity index (χ3n) is 3.51. The van der Waals surface area contributed by atoms with E-state index in [2.05, 4.69) is 35.1 Å². The van der Waals surface area contributed by atoms with E-state index in [0.29, 0.717) is 6.61 Å². The van der Waals surface area contributed by atoms with Crippen LogP contribution in [0.3, 0.4) is 0 Å². The molecule has 0 bridgehead atoms. The van der Waals surface area contributed by atoms with Crippen LogP contribution < -0.4 is 5.32 Å². The van der Waals surface area contributed by atoms with Crippen LogP contribution in [0, 0.1) is 11.2 Å². The summed E-state index contributed by atoms with van der Waals surface area (Å²) >= 11 is 3.52. The maximum absolute atomic E-state index is 13.4. The largest absolute Gasteiger partial charge is 0.383 e. The van der Waals surface area contributed by atoms with Gasteiger partial charge in [-0.1, -0.05) is 36.2 Å². The predicted molar refractivity (Wildman–Crippen MR) is 85.6 cm³/mol. The summed E-state index contributed by atoms with van der Waals surface area (Å²) in [4.78, 5) is 0. The van der Waals surface area contributed by atoms with Crippen LogP contribution in [0.2, 0.25) is 0 Å². The molecule has 1 atom stereocenters. The fourth-order valence-corrected chi connectivity index (χ4v) is 2.93. The van der Waals surface area contributed by atoms with Crippen molar-refractivity contribution in [2.75, 3.05) is 26.8 Å². The zero-order valence-electron chi connectivity index (χ0n) is 12.6. The van der Waals surface area contributed by atoms with Gasteiger partial charge in [-0.15, -0.1) is 0 Å². The van der Waals surface area contributed by atoms with E-state index in [4.69, 9.17) is 4.74 Å². The van der Waals surface area contributed by atoms with Crippen molar-refractivity contribution < 1.29 is 9.13 Å². The van der Waals surface area contributed by atoms with Crippen LogP contribution in [0.5, 0.6) is 0 Å². The molecule has 0 saturated carbocycles. The minimum atomic E-state index is -0.172. The first-order valence-electron chi connectivity index (χ1n) is 7.14. The Labute approximate surface area is 130 Å². The van der Waals surface area contributed by atoms with E-state index in [9.17, 15) is 4.39 Å². The third kappa shape index (κ3) is 5.90. The number of methoxy groups -OCH3 is 1. The van der Waals surface area contributed by atoms with E-state index in [1.54, 1.807) is 19.2 Å². The number of hydrogen-bond acceptors (Lipinski definition) is 2. The number of rotatable bonds is 9. The molecule has 0 heterocycles. The third-order valence-corrected chi connectivity index (χ3v) is 4.29. The summed E-state index contributed by atoms with van der Waals surface area (Å²) < 4.78 is 19.4. The van der Waals surface area contributed by atoms with Gasteiger partial charge in [-0.3, -0.25) is 0 Å². The van der Waals surface area contributed by atoms with Crippen LogP contribution in [0.15, 0.2) is 22.7 Å². The molecule has 0 saturated heterocycles. The maximum atomic E-state index is 13.4. The smallest absolute Gasteiger partial charge is 0.123 e. The lowest BCUT2D eigenvalue weighted by Crippen LogP contribution is -2.35. The first-order chi connectivity index (χ1) is 9.50. The highest BCUT2D eigenvalue weighted by atomic mass is 79.9. The van der Waals surface area contributed by atoms with E-state index >= 15 is 0 Å². The molecule has 0 spiro atoms. The average Bonchev–Trinajstić information content (AvgIpc) is 2.39. The van der Waals surface area contributed by atoms with E-state index in [0.717, 1.165) is 42.4 Å². The minimum Gasteiger partial charge on any atom is -0.383 e. The molecule has 1 rings (SSSR count). The van der Waals surface area contributed by atoms with Crippen molar-refractivity contribution in [1.29, 1.82) is 0 Å². The van der Waals surface area contributed by atoms with Gasteiger partial charge in [0.25, 0.3) is 0 Å². The summed E-state index contributed by atoms with van der Waals surface area (Å²) in [5.41, 5.74) is 1.16. The molecule has 0 fully saturated rings. The minimum absolute atomic E-state index is 0.124. The highest BCUT2D eigenvalue weighted by Gasteiger charge is 2.24. The second-order valence-corrected chi connectivity index (χ2v) is 6.50. The van der Waals surface area contributed by atoms with Gasteiger partial charge in [0.15, 0.2) is 0 Å². The number of ether oxygens (including phenoxy) is 1.